The van der Waals surface area contributed by atoms with E-state index in [1.165, 1.54) is 24.3 Å². The first kappa shape index (κ1) is 17.0. The van der Waals surface area contributed by atoms with Crippen LogP contribution in [0.5, 0.6) is 5.75 Å². The monoisotopic (exact) mass is 373 g/mol. The molecule has 27 heavy (non-hydrogen) atoms. The number of imidazole rings is 1. The van der Waals surface area contributed by atoms with Crippen LogP contribution in [0.25, 0.3) is 11.0 Å². The van der Waals surface area contributed by atoms with Crippen molar-refractivity contribution in [2.24, 2.45) is 0 Å². The molecule has 7 nitrogen and oxygen atoms in total. The fourth-order valence-corrected chi connectivity index (χ4v) is 2.83. The summed E-state index contributed by atoms with van der Waals surface area (Å²) in [5, 5.41) is 2.61. The Morgan fingerprint density at radius 3 is 2.93 bits per heavy atom. The van der Waals surface area contributed by atoms with Gasteiger partial charge in [-0.25, -0.2) is 9.78 Å². The molecule has 0 unspecified atom stereocenters. The maximum atomic E-state index is 13.4. The topological polar surface area (TPSA) is 82.5 Å². The van der Waals surface area contributed by atoms with Crippen LogP contribution in [-0.2, 0) is 16.1 Å². The molecule has 1 amide bonds. The summed E-state index contributed by atoms with van der Waals surface area (Å²) < 4.78 is 37.9. The number of alkyl halides is 2. The highest BCUT2D eigenvalue weighted by atomic mass is 19.3. The predicted octanol–water partition coefficient (Wildman–Crippen LogP) is 3.12. The molecule has 3 aromatic rings. The van der Waals surface area contributed by atoms with Crippen molar-refractivity contribution in [1.29, 1.82) is 0 Å². The third kappa shape index (κ3) is 3.19. The molecule has 0 saturated carbocycles. The number of hydrogen-bond acceptors (Lipinski definition) is 5. The van der Waals surface area contributed by atoms with Gasteiger partial charge in [-0.15, -0.1) is 0 Å². The summed E-state index contributed by atoms with van der Waals surface area (Å²) in [5.41, 5.74) is 1.27. The van der Waals surface area contributed by atoms with Crippen LogP contribution in [0.3, 0.4) is 0 Å². The minimum absolute atomic E-state index is 0.0546. The molecule has 0 saturated heterocycles. The molecule has 0 fully saturated rings. The minimum Gasteiger partial charge on any atom is -0.482 e. The Morgan fingerprint density at radius 2 is 2.11 bits per heavy atom. The van der Waals surface area contributed by atoms with Gasteiger partial charge < -0.3 is 14.8 Å². The van der Waals surface area contributed by atoms with E-state index in [1.54, 1.807) is 18.2 Å². The Kier molecular flexibility index (Phi) is 4.19. The van der Waals surface area contributed by atoms with Gasteiger partial charge in [-0.05, 0) is 30.3 Å². The van der Waals surface area contributed by atoms with Crippen molar-refractivity contribution in [2.45, 2.75) is 13.2 Å². The fraction of sp³-hybridized carbons (Fsp3) is 0.167. The van der Waals surface area contributed by atoms with E-state index in [1.807, 2.05) is 0 Å². The van der Waals surface area contributed by atoms with Crippen molar-refractivity contribution in [1.82, 2.24) is 9.55 Å². The van der Waals surface area contributed by atoms with E-state index in [4.69, 9.17) is 9.47 Å². The molecule has 0 radical (unpaired) electrons. The van der Waals surface area contributed by atoms with Crippen LogP contribution in [-0.4, -0.2) is 28.0 Å². The molecule has 2 heterocycles. The number of nitrogens with one attached hydrogen (secondary N) is 1. The van der Waals surface area contributed by atoms with Gasteiger partial charge in [0.2, 0.25) is 0 Å². The Hall–Kier alpha value is -3.49. The largest absolute Gasteiger partial charge is 0.482 e. The highest BCUT2D eigenvalue weighted by molar-refractivity contribution is 5.97. The Balaban J connectivity index is 1.54. The second-order valence-electron chi connectivity index (χ2n) is 5.79. The van der Waals surface area contributed by atoms with Crippen molar-refractivity contribution in [2.75, 3.05) is 11.9 Å². The molecular weight excluding hydrogens is 360 g/mol. The Bertz CT molecular complexity index is 1050. The molecule has 2 aromatic carbocycles. The van der Waals surface area contributed by atoms with Crippen molar-refractivity contribution < 1.29 is 27.8 Å². The number of benzene rings is 2. The molecule has 0 spiro atoms. The van der Waals surface area contributed by atoms with Gasteiger partial charge in [0.1, 0.15) is 12.4 Å². The van der Waals surface area contributed by atoms with Gasteiger partial charge in [0.15, 0.2) is 12.4 Å². The molecule has 1 aromatic heterocycles. The lowest BCUT2D eigenvalue weighted by atomic mass is 10.1. The smallest absolute Gasteiger partial charge is 0.338 e. The zero-order valence-corrected chi connectivity index (χ0v) is 13.8. The number of carbonyl (C=O) groups excluding carboxylic acids is 2. The molecule has 0 aliphatic carbocycles. The fourth-order valence-electron chi connectivity index (χ4n) is 2.83. The van der Waals surface area contributed by atoms with Crippen molar-refractivity contribution in [3.8, 4) is 5.75 Å². The SMILES string of the molecule is O=C1COc2cc(C(=O)OCc3nc4ccccc4n3C(F)F)ccc2N1. The quantitative estimate of drug-likeness (QED) is 0.711. The van der Waals surface area contributed by atoms with E-state index in [-0.39, 0.29) is 29.4 Å². The highest BCUT2D eigenvalue weighted by Crippen LogP contribution is 2.29. The summed E-state index contributed by atoms with van der Waals surface area (Å²) in [5.74, 6) is -0.722. The second-order valence-corrected chi connectivity index (χ2v) is 5.79. The van der Waals surface area contributed by atoms with E-state index < -0.39 is 19.1 Å². The van der Waals surface area contributed by atoms with Crippen LogP contribution in [0.4, 0.5) is 14.5 Å². The number of hydrogen-bond donors (Lipinski definition) is 1. The van der Waals surface area contributed by atoms with E-state index in [9.17, 15) is 18.4 Å². The summed E-state index contributed by atoms with van der Waals surface area (Å²) in [6.45, 7) is -3.37. The number of amides is 1. The van der Waals surface area contributed by atoms with Crippen LogP contribution >= 0.6 is 0 Å². The lowest BCUT2D eigenvalue weighted by Crippen LogP contribution is -2.25. The maximum Gasteiger partial charge on any atom is 0.338 e. The lowest BCUT2D eigenvalue weighted by molar-refractivity contribution is -0.118. The van der Waals surface area contributed by atoms with Gasteiger partial charge in [0.05, 0.1) is 22.3 Å². The average molecular weight is 373 g/mol. The number of anilines is 1. The number of halogens is 2. The van der Waals surface area contributed by atoms with Gasteiger partial charge >= 0.3 is 12.5 Å². The average Bonchev–Trinajstić information content (AvgIpc) is 3.04. The van der Waals surface area contributed by atoms with E-state index in [0.29, 0.717) is 17.0 Å². The molecule has 0 atom stereocenters. The predicted molar refractivity (Wildman–Crippen MR) is 90.7 cm³/mol. The molecular formula is C18H13F2N3O4. The van der Waals surface area contributed by atoms with E-state index >= 15 is 0 Å². The zero-order chi connectivity index (χ0) is 19.0. The first-order valence-corrected chi connectivity index (χ1v) is 8.01. The summed E-state index contributed by atoms with van der Waals surface area (Å²) in [7, 11) is 0. The normalized spacial score (nSPS) is 13.2. The molecule has 4 rings (SSSR count). The summed E-state index contributed by atoms with van der Waals surface area (Å²) in [6.07, 6.45) is 0. The number of carbonyl (C=O) groups is 2. The van der Waals surface area contributed by atoms with Gasteiger partial charge in [-0.2, -0.15) is 8.78 Å². The summed E-state index contributed by atoms with van der Waals surface area (Å²) in [6, 6.07) is 10.8. The van der Waals surface area contributed by atoms with E-state index in [2.05, 4.69) is 10.3 Å². The third-order valence-corrected chi connectivity index (χ3v) is 4.05. The number of nitrogens with zero attached hydrogens (tertiary/aromatic N) is 2. The van der Waals surface area contributed by atoms with Gasteiger partial charge in [0, 0.05) is 0 Å². The minimum atomic E-state index is -2.81. The van der Waals surface area contributed by atoms with E-state index in [0.717, 1.165) is 4.57 Å². The number of ether oxygens (including phenoxy) is 2. The number of esters is 1. The third-order valence-electron chi connectivity index (χ3n) is 4.05. The summed E-state index contributed by atoms with van der Waals surface area (Å²) >= 11 is 0. The van der Waals surface area contributed by atoms with Crippen LogP contribution < -0.4 is 10.1 Å². The summed E-state index contributed by atoms with van der Waals surface area (Å²) in [4.78, 5) is 27.7. The van der Waals surface area contributed by atoms with Crippen molar-refractivity contribution >= 4 is 28.6 Å². The molecule has 138 valence electrons. The number of fused-ring (bicyclic) bond motifs is 2. The Morgan fingerprint density at radius 1 is 1.30 bits per heavy atom. The lowest BCUT2D eigenvalue weighted by Gasteiger charge is -2.18. The first-order chi connectivity index (χ1) is 13.0. The molecule has 1 N–H and O–H groups in total. The van der Waals surface area contributed by atoms with Gasteiger partial charge in [-0.3, -0.25) is 9.36 Å². The molecule has 1 aliphatic heterocycles. The first-order valence-electron chi connectivity index (χ1n) is 8.01. The standard InChI is InChI=1S/C18H13F2N3O4/c19-18(20)23-13-4-2-1-3-11(13)21-15(23)8-27-17(25)10-5-6-12-14(7-10)26-9-16(24)22-12/h1-7,18H,8-9H2,(H,22,24). The second kappa shape index (κ2) is 6.67. The molecule has 1 aliphatic rings. The van der Waals surface area contributed by atoms with Crippen molar-refractivity contribution in [3.63, 3.8) is 0 Å². The number of rotatable bonds is 4. The number of aromatic nitrogens is 2. The maximum absolute atomic E-state index is 13.4. The highest BCUT2D eigenvalue weighted by Gasteiger charge is 2.21. The van der Waals surface area contributed by atoms with Crippen LogP contribution in [0, 0.1) is 0 Å². The number of para-hydroxylation sites is 2. The molecule has 0 bridgehead atoms. The van der Waals surface area contributed by atoms with Crippen LogP contribution in [0.1, 0.15) is 22.7 Å². The molecule has 9 heteroatoms. The van der Waals surface area contributed by atoms with Crippen LogP contribution in [0.2, 0.25) is 0 Å². The zero-order valence-electron chi connectivity index (χ0n) is 13.8. The van der Waals surface area contributed by atoms with Gasteiger partial charge in [-0.1, -0.05) is 12.1 Å². The van der Waals surface area contributed by atoms with Crippen molar-refractivity contribution in [3.05, 3.63) is 53.9 Å². The Labute approximate surface area is 151 Å². The van der Waals surface area contributed by atoms with Crippen LogP contribution in [0.15, 0.2) is 42.5 Å². The van der Waals surface area contributed by atoms with Gasteiger partial charge in [0.25, 0.3) is 5.91 Å².